The molecule has 0 radical (unpaired) electrons. The second-order valence-electron chi connectivity index (χ2n) is 4.42. The summed E-state index contributed by atoms with van der Waals surface area (Å²) >= 11 is 11.8. The van der Waals surface area contributed by atoms with Crippen LogP contribution < -0.4 is 5.32 Å². The van der Waals surface area contributed by atoms with Crippen molar-refractivity contribution in [1.82, 2.24) is 0 Å². The fourth-order valence-electron chi connectivity index (χ4n) is 1.72. The molecular formula is C16H10Cl2N2O3. The lowest BCUT2D eigenvalue weighted by Crippen LogP contribution is -2.21. The number of halogens is 2. The minimum absolute atomic E-state index is 0.192. The monoisotopic (exact) mass is 348 g/mol. The maximum atomic E-state index is 11.8. The minimum atomic E-state index is -0.700. The smallest absolute Gasteiger partial charge is 0.338 e. The van der Waals surface area contributed by atoms with Gasteiger partial charge in [-0.05, 0) is 30.3 Å². The van der Waals surface area contributed by atoms with E-state index in [9.17, 15) is 9.59 Å². The van der Waals surface area contributed by atoms with Crippen molar-refractivity contribution in [2.24, 2.45) is 0 Å². The Kier molecular flexibility index (Phi) is 5.58. The summed E-state index contributed by atoms with van der Waals surface area (Å²) in [6.45, 7) is -0.488. The first-order valence-electron chi connectivity index (χ1n) is 6.42. The van der Waals surface area contributed by atoms with Gasteiger partial charge in [-0.1, -0.05) is 35.3 Å². The van der Waals surface area contributed by atoms with Crippen LogP contribution in [-0.4, -0.2) is 18.5 Å². The predicted molar refractivity (Wildman–Crippen MR) is 86.5 cm³/mol. The third kappa shape index (κ3) is 4.46. The van der Waals surface area contributed by atoms with Crippen LogP contribution in [-0.2, 0) is 9.53 Å². The zero-order valence-corrected chi connectivity index (χ0v) is 13.2. The normalized spacial score (nSPS) is 9.78. The molecule has 1 N–H and O–H groups in total. The van der Waals surface area contributed by atoms with Crippen LogP contribution >= 0.6 is 23.2 Å². The molecule has 0 aliphatic carbocycles. The van der Waals surface area contributed by atoms with Gasteiger partial charge >= 0.3 is 5.97 Å². The van der Waals surface area contributed by atoms with Crippen molar-refractivity contribution in [3.8, 4) is 6.07 Å². The number of amides is 1. The van der Waals surface area contributed by atoms with E-state index in [1.54, 1.807) is 30.3 Å². The highest BCUT2D eigenvalue weighted by atomic mass is 35.5. The molecule has 0 saturated heterocycles. The van der Waals surface area contributed by atoms with E-state index >= 15 is 0 Å². The fourth-order valence-corrected chi connectivity index (χ4v) is 2.06. The van der Waals surface area contributed by atoms with Crippen molar-refractivity contribution in [1.29, 1.82) is 5.26 Å². The molecule has 0 saturated carbocycles. The predicted octanol–water partition coefficient (Wildman–Crippen LogP) is 3.66. The van der Waals surface area contributed by atoms with Crippen LogP contribution in [0.3, 0.4) is 0 Å². The number of nitriles is 1. The van der Waals surface area contributed by atoms with E-state index in [4.69, 9.17) is 33.2 Å². The van der Waals surface area contributed by atoms with Gasteiger partial charge in [0.05, 0.1) is 32.9 Å². The van der Waals surface area contributed by atoms with Gasteiger partial charge in [0.25, 0.3) is 5.91 Å². The van der Waals surface area contributed by atoms with Crippen LogP contribution in [0.15, 0.2) is 42.5 Å². The lowest BCUT2D eigenvalue weighted by Gasteiger charge is -2.09. The summed E-state index contributed by atoms with van der Waals surface area (Å²) in [5.41, 5.74) is 0.846. The SMILES string of the molecule is N#Cc1cccc(C(=O)OCC(=O)Nc2cccc(Cl)c2Cl)c1. The van der Waals surface area contributed by atoms with Crippen molar-refractivity contribution in [3.05, 3.63) is 63.6 Å². The Labute approximate surface area is 142 Å². The molecule has 0 atom stereocenters. The Morgan fingerprint density at radius 2 is 1.91 bits per heavy atom. The Balaban J connectivity index is 1.95. The van der Waals surface area contributed by atoms with E-state index in [-0.39, 0.29) is 10.6 Å². The number of nitrogens with one attached hydrogen (secondary N) is 1. The number of ether oxygens (including phenoxy) is 1. The zero-order valence-electron chi connectivity index (χ0n) is 11.7. The molecule has 2 aromatic carbocycles. The van der Waals surface area contributed by atoms with E-state index in [0.717, 1.165) is 0 Å². The molecule has 0 aliphatic rings. The van der Waals surface area contributed by atoms with Gasteiger partial charge in [0.1, 0.15) is 0 Å². The number of hydrogen-bond acceptors (Lipinski definition) is 4. The van der Waals surface area contributed by atoms with Gasteiger partial charge in [-0.25, -0.2) is 4.79 Å². The summed E-state index contributed by atoms with van der Waals surface area (Å²) < 4.78 is 4.90. The summed E-state index contributed by atoms with van der Waals surface area (Å²) in [6, 6.07) is 12.7. The first-order chi connectivity index (χ1) is 11.0. The van der Waals surface area contributed by atoms with Crippen LogP contribution in [0.25, 0.3) is 0 Å². The molecule has 0 heterocycles. The Bertz CT molecular complexity index is 800. The average molecular weight is 349 g/mol. The number of anilines is 1. The van der Waals surface area contributed by atoms with E-state index in [1.165, 1.54) is 12.1 Å². The molecule has 1 amide bonds. The summed E-state index contributed by atoms with van der Waals surface area (Å²) in [5.74, 6) is -1.26. The Morgan fingerprint density at radius 1 is 1.17 bits per heavy atom. The second kappa shape index (κ2) is 7.63. The Hall–Kier alpha value is -2.55. The number of nitrogens with zero attached hydrogens (tertiary/aromatic N) is 1. The molecule has 0 unspecified atom stereocenters. The zero-order chi connectivity index (χ0) is 16.8. The highest BCUT2D eigenvalue weighted by molar-refractivity contribution is 6.44. The molecule has 0 spiro atoms. The quantitative estimate of drug-likeness (QED) is 0.855. The Morgan fingerprint density at radius 3 is 2.65 bits per heavy atom. The maximum absolute atomic E-state index is 11.8. The number of hydrogen-bond donors (Lipinski definition) is 1. The van der Waals surface area contributed by atoms with Crippen molar-refractivity contribution < 1.29 is 14.3 Å². The molecule has 7 heteroatoms. The number of benzene rings is 2. The highest BCUT2D eigenvalue weighted by Gasteiger charge is 2.12. The molecule has 2 aromatic rings. The minimum Gasteiger partial charge on any atom is -0.452 e. The summed E-state index contributed by atoms with van der Waals surface area (Å²) in [5, 5.41) is 11.8. The topological polar surface area (TPSA) is 79.2 Å². The van der Waals surface area contributed by atoms with Crippen LogP contribution in [0.1, 0.15) is 15.9 Å². The number of carbonyl (C=O) groups excluding carboxylic acids is 2. The van der Waals surface area contributed by atoms with Crippen LogP contribution in [0.2, 0.25) is 10.0 Å². The van der Waals surface area contributed by atoms with Gasteiger partial charge in [-0.3, -0.25) is 4.79 Å². The molecule has 0 aromatic heterocycles. The van der Waals surface area contributed by atoms with Gasteiger partial charge in [0, 0.05) is 0 Å². The molecule has 0 aliphatic heterocycles. The largest absolute Gasteiger partial charge is 0.452 e. The van der Waals surface area contributed by atoms with Gasteiger partial charge in [-0.2, -0.15) is 5.26 Å². The first-order valence-corrected chi connectivity index (χ1v) is 7.18. The molecule has 2 rings (SSSR count). The number of esters is 1. The lowest BCUT2D eigenvalue weighted by molar-refractivity contribution is -0.119. The van der Waals surface area contributed by atoms with Crippen LogP contribution in [0, 0.1) is 11.3 Å². The van der Waals surface area contributed by atoms with Crippen LogP contribution in [0.4, 0.5) is 5.69 Å². The van der Waals surface area contributed by atoms with Crippen molar-refractivity contribution >= 4 is 40.8 Å². The number of carbonyl (C=O) groups is 2. The summed E-state index contributed by atoms with van der Waals surface area (Å²) in [4.78, 5) is 23.6. The maximum Gasteiger partial charge on any atom is 0.338 e. The third-order valence-electron chi connectivity index (χ3n) is 2.79. The molecule has 23 heavy (non-hydrogen) atoms. The molecule has 0 bridgehead atoms. The summed E-state index contributed by atoms with van der Waals surface area (Å²) in [6.07, 6.45) is 0. The number of rotatable bonds is 4. The van der Waals surface area contributed by atoms with Gasteiger partial charge < -0.3 is 10.1 Å². The van der Waals surface area contributed by atoms with E-state index in [2.05, 4.69) is 5.32 Å². The van der Waals surface area contributed by atoms with Crippen molar-refractivity contribution in [2.45, 2.75) is 0 Å². The van der Waals surface area contributed by atoms with Crippen molar-refractivity contribution in [2.75, 3.05) is 11.9 Å². The fraction of sp³-hybridized carbons (Fsp3) is 0.0625. The van der Waals surface area contributed by atoms with E-state index in [1.807, 2.05) is 6.07 Å². The molecule has 116 valence electrons. The second-order valence-corrected chi connectivity index (χ2v) is 5.20. The van der Waals surface area contributed by atoms with Gasteiger partial charge in [0.15, 0.2) is 6.61 Å². The first kappa shape index (κ1) is 16.8. The van der Waals surface area contributed by atoms with Gasteiger partial charge in [0.2, 0.25) is 0 Å². The van der Waals surface area contributed by atoms with E-state index in [0.29, 0.717) is 16.3 Å². The average Bonchev–Trinajstić information content (AvgIpc) is 2.57. The van der Waals surface area contributed by atoms with Gasteiger partial charge in [-0.15, -0.1) is 0 Å². The van der Waals surface area contributed by atoms with Crippen molar-refractivity contribution in [3.63, 3.8) is 0 Å². The standard InChI is InChI=1S/C16H10Cl2N2O3/c17-12-5-2-6-13(15(12)18)20-14(21)9-23-16(22)11-4-1-3-10(7-11)8-19/h1-7H,9H2,(H,20,21). The molecular weight excluding hydrogens is 339 g/mol. The molecule has 5 nitrogen and oxygen atoms in total. The third-order valence-corrected chi connectivity index (χ3v) is 3.61. The van der Waals surface area contributed by atoms with Crippen LogP contribution in [0.5, 0.6) is 0 Å². The lowest BCUT2D eigenvalue weighted by atomic mass is 10.1. The highest BCUT2D eigenvalue weighted by Crippen LogP contribution is 2.29. The molecule has 0 fully saturated rings. The van der Waals surface area contributed by atoms with E-state index < -0.39 is 18.5 Å². The summed E-state index contributed by atoms with van der Waals surface area (Å²) in [7, 11) is 0.